The summed E-state index contributed by atoms with van der Waals surface area (Å²) in [6.07, 6.45) is 6.81. The molecule has 0 fully saturated rings. The summed E-state index contributed by atoms with van der Waals surface area (Å²) in [5.74, 6) is 0. The van der Waals surface area contributed by atoms with Gasteiger partial charge in [0.2, 0.25) is 0 Å². The van der Waals surface area contributed by atoms with Crippen molar-refractivity contribution in [2.24, 2.45) is 12.8 Å². The van der Waals surface area contributed by atoms with Crippen molar-refractivity contribution in [3.8, 4) is 0 Å². The molecular formula is C12H16N4S. The van der Waals surface area contributed by atoms with Crippen LogP contribution in [0.15, 0.2) is 12.3 Å². The summed E-state index contributed by atoms with van der Waals surface area (Å²) >= 11 is 1.86. The Balaban J connectivity index is 1.94. The molecule has 2 aromatic heterocycles. The Morgan fingerprint density at radius 2 is 2.24 bits per heavy atom. The van der Waals surface area contributed by atoms with Crippen molar-refractivity contribution >= 4 is 11.3 Å². The zero-order valence-corrected chi connectivity index (χ0v) is 10.7. The first kappa shape index (κ1) is 10.9. The van der Waals surface area contributed by atoms with Crippen LogP contribution in [-0.2, 0) is 19.9 Å². The number of nitrogens with two attached hydrogens (primary N) is 1. The fraction of sp³-hybridized carbons (Fsp3) is 0.500. The monoisotopic (exact) mass is 248 g/mol. The largest absolute Gasteiger partial charge is 0.318 e. The van der Waals surface area contributed by atoms with Crippen molar-refractivity contribution < 1.29 is 0 Å². The molecule has 17 heavy (non-hydrogen) atoms. The van der Waals surface area contributed by atoms with E-state index >= 15 is 0 Å². The molecule has 0 saturated carbocycles. The maximum atomic E-state index is 6.28. The van der Waals surface area contributed by atoms with Crippen LogP contribution < -0.4 is 5.73 Å². The molecule has 0 aromatic carbocycles. The highest BCUT2D eigenvalue weighted by Gasteiger charge is 2.19. The van der Waals surface area contributed by atoms with Crippen molar-refractivity contribution in [1.29, 1.82) is 0 Å². The molecule has 2 N–H and O–H groups in total. The van der Waals surface area contributed by atoms with Gasteiger partial charge < -0.3 is 5.73 Å². The van der Waals surface area contributed by atoms with E-state index in [-0.39, 0.29) is 6.04 Å². The van der Waals surface area contributed by atoms with Gasteiger partial charge in [-0.15, -0.1) is 16.4 Å². The number of hydrogen-bond acceptors (Lipinski definition) is 4. The summed E-state index contributed by atoms with van der Waals surface area (Å²) in [4.78, 5) is 2.76. The van der Waals surface area contributed by atoms with Gasteiger partial charge >= 0.3 is 0 Å². The van der Waals surface area contributed by atoms with E-state index < -0.39 is 0 Å². The minimum Gasteiger partial charge on any atom is -0.318 e. The van der Waals surface area contributed by atoms with Gasteiger partial charge in [-0.25, -0.2) is 0 Å². The van der Waals surface area contributed by atoms with Crippen LogP contribution in [0.1, 0.15) is 39.9 Å². The summed E-state index contributed by atoms with van der Waals surface area (Å²) in [7, 11) is 1.88. The van der Waals surface area contributed by atoms with E-state index in [2.05, 4.69) is 16.4 Å². The fourth-order valence-electron chi connectivity index (χ4n) is 2.39. The topological polar surface area (TPSA) is 56.7 Å². The Bertz CT molecular complexity index is 505. The quantitative estimate of drug-likeness (QED) is 0.881. The van der Waals surface area contributed by atoms with Gasteiger partial charge in [0.05, 0.1) is 17.9 Å². The van der Waals surface area contributed by atoms with Gasteiger partial charge in [-0.1, -0.05) is 5.21 Å². The number of aryl methyl sites for hydroxylation is 3. The predicted octanol–water partition coefficient (Wildman–Crippen LogP) is 1.80. The highest BCUT2D eigenvalue weighted by atomic mass is 32.1. The molecule has 0 aliphatic heterocycles. The van der Waals surface area contributed by atoms with E-state index in [1.54, 1.807) is 10.9 Å². The molecule has 1 unspecified atom stereocenters. The first-order valence-corrected chi connectivity index (χ1v) is 6.79. The van der Waals surface area contributed by atoms with Crippen molar-refractivity contribution in [3.63, 3.8) is 0 Å². The maximum Gasteiger partial charge on any atom is 0.0833 e. The lowest BCUT2D eigenvalue weighted by atomic mass is 9.98. The summed E-state index contributed by atoms with van der Waals surface area (Å²) in [6, 6.07) is 2.18. The molecule has 4 nitrogen and oxygen atoms in total. The van der Waals surface area contributed by atoms with Crippen molar-refractivity contribution in [3.05, 3.63) is 33.3 Å². The van der Waals surface area contributed by atoms with Crippen LogP contribution in [-0.4, -0.2) is 15.0 Å². The van der Waals surface area contributed by atoms with E-state index in [1.165, 1.54) is 41.0 Å². The Morgan fingerprint density at radius 3 is 2.94 bits per heavy atom. The number of fused-ring (bicyclic) bond motifs is 1. The van der Waals surface area contributed by atoms with Crippen LogP contribution in [0.3, 0.4) is 0 Å². The third kappa shape index (κ3) is 1.89. The second-order valence-electron chi connectivity index (χ2n) is 4.56. The SMILES string of the molecule is Cn1nncc1C(N)c1cc2c(s1)CCCC2. The summed E-state index contributed by atoms with van der Waals surface area (Å²) in [5, 5.41) is 7.82. The molecule has 2 heterocycles. The minimum atomic E-state index is -0.0920. The van der Waals surface area contributed by atoms with Crippen LogP contribution >= 0.6 is 11.3 Å². The molecule has 0 spiro atoms. The number of rotatable bonds is 2. The lowest BCUT2D eigenvalue weighted by Crippen LogP contribution is -2.14. The number of aromatic nitrogens is 3. The van der Waals surface area contributed by atoms with Gasteiger partial charge in [-0.05, 0) is 37.3 Å². The predicted molar refractivity (Wildman–Crippen MR) is 68.0 cm³/mol. The van der Waals surface area contributed by atoms with Crippen LogP contribution in [0.2, 0.25) is 0 Å². The average molecular weight is 248 g/mol. The molecule has 1 aliphatic carbocycles. The Labute approximate surface area is 104 Å². The molecule has 90 valence electrons. The summed E-state index contributed by atoms with van der Waals surface area (Å²) < 4.78 is 1.75. The molecule has 0 amide bonds. The van der Waals surface area contributed by atoms with E-state index in [0.717, 1.165) is 5.69 Å². The molecular weight excluding hydrogens is 232 g/mol. The van der Waals surface area contributed by atoms with E-state index in [9.17, 15) is 0 Å². The zero-order valence-electron chi connectivity index (χ0n) is 9.89. The van der Waals surface area contributed by atoms with Crippen molar-refractivity contribution in [1.82, 2.24) is 15.0 Å². The Hall–Kier alpha value is -1.20. The first-order valence-electron chi connectivity index (χ1n) is 5.97. The second-order valence-corrected chi connectivity index (χ2v) is 5.73. The maximum absolute atomic E-state index is 6.28. The van der Waals surface area contributed by atoms with Gasteiger partial charge in [0, 0.05) is 16.8 Å². The Morgan fingerprint density at radius 1 is 1.41 bits per heavy atom. The smallest absolute Gasteiger partial charge is 0.0833 e. The molecule has 0 saturated heterocycles. The Kier molecular flexibility index (Phi) is 2.72. The van der Waals surface area contributed by atoms with Gasteiger partial charge in [0.15, 0.2) is 0 Å². The van der Waals surface area contributed by atoms with Crippen LogP contribution in [0.5, 0.6) is 0 Å². The van der Waals surface area contributed by atoms with E-state index in [4.69, 9.17) is 5.73 Å². The second kappa shape index (κ2) is 4.23. The lowest BCUT2D eigenvalue weighted by Gasteiger charge is -2.08. The highest BCUT2D eigenvalue weighted by molar-refractivity contribution is 7.12. The van der Waals surface area contributed by atoms with Gasteiger partial charge in [-0.3, -0.25) is 4.68 Å². The van der Waals surface area contributed by atoms with Crippen molar-refractivity contribution in [2.45, 2.75) is 31.7 Å². The van der Waals surface area contributed by atoms with Crippen molar-refractivity contribution in [2.75, 3.05) is 0 Å². The van der Waals surface area contributed by atoms with E-state index in [0.29, 0.717) is 0 Å². The lowest BCUT2D eigenvalue weighted by molar-refractivity contribution is 0.654. The summed E-state index contributed by atoms with van der Waals surface area (Å²) in [6.45, 7) is 0. The number of thiophene rings is 1. The van der Waals surface area contributed by atoms with Crippen LogP contribution in [0.4, 0.5) is 0 Å². The zero-order chi connectivity index (χ0) is 11.8. The molecule has 3 rings (SSSR count). The van der Waals surface area contributed by atoms with Gasteiger partial charge in [0.1, 0.15) is 0 Å². The minimum absolute atomic E-state index is 0.0920. The van der Waals surface area contributed by atoms with Gasteiger partial charge in [0.25, 0.3) is 0 Å². The molecule has 0 radical (unpaired) electrons. The third-order valence-corrected chi connectivity index (χ3v) is 4.71. The fourth-order valence-corrected chi connectivity index (χ4v) is 3.66. The number of hydrogen-bond donors (Lipinski definition) is 1. The third-order valence-electron chi connectivity index (χ3n) is 3.39. The van der Waals surface area contributed by atoms with E-state index in [1.807, 2.05) is 18.4 Å². The number of nitrogens with zero attached hydrogens (tertiary/aromatic N) is 3. The molecule has 0 bridgehead atoms. The van der Waals surface area contributed by atoms with Gasteiger partial charge in [-0.2, -0.15) is 0 Å². The molecule has 1 atom stereocenters. The highest BCUT2D eigenvalue weighted by Crippen LogP contribution is 2.33. The first-order chi connectivity index (χ1) is 8.25. The van der Waals surface area contributed by atoms with Crippen LogP contribution in [0, 0.1) is 0 Å². The standard InChI is InChI=1S/C12H16N4S/c1-16-9(7-14-15-16)12(13)11-6-8-4-2-3-5-10(8)17-11/h6-7,12H,2-5,13H2,1H3. The normalized spacial score (nSPS) is 16.8. The average Bonchev–Trinajstić information content (AvgIpc) is 2.93. The molecule has 1 aliphatic rings. The van der Waals surface area contributed by atoms with Crippen LogP contribution in [0.25, 0.3) is 0 Å². The summed E-state index contributed by atoms with van der Waals surface area (Å²) in [5.41, 5.74) is 8.76. The molecule has 5 heteroatoms. The molecule has 2 aromatic rings.